The molecule has 80 valence electrons. The maximum Gasteiger partial charge on any atom is 0.141 e. The Morgan fingerprint density at radius 2 is 1.93 bits per heavy atom. The molecule has 3 atom stereocenters. The van der Waals surface area contributed by atoms with Gasteiger partial charge in [0.2, 0.25) is 0 Å². The third kappa shape index (κ3) is 1.95. The van der Waals surface area contributed by atoms with E-state index in [2.05, 4.69) is 0 Å². The number of hydrogen-bond acceptors (Lipinski definition) is 2. The van der Waals surface area contributed by atoms with E-state index in [1.165, 1.54) is 0 Å². The van der Waals surface area contributed by atoms with Crippen molar-refractivity contribution >= 4 is 5.78 Å². The summed E-state index contributed by atoms with van der Waals surface area (Å²) in [5, 5.41) is 10.1. The van der Waals surface area contributed by atoms with Gasteiger partial charge in [0.05, 0.1) is 6.10 Å². The highest BCUT2D eigenvalue weighted by Crippen LogP contribution is 2.35. The Morgan fingerprint density at radius 1 is 1.27 bits per heavy atom. The maximum atomic E-state index is 11.8. The first-order valence-corrected chi connectivity index (χ1v) is 5.47. The van der Waals surface area contributed by atoms with E-state index in [-0.39, 0.29) is 17.6 Å². The molecule has 1 fully saturated rings. The van der Waals surface area contributed by atoms with Crippen LogP contribution in [0.1, 0.15) is 31.4 Å². The summed E-state index contributed by atoms with van der Waals surface area (Å²) in [5.41, 5.74) is 0.852. The molecule has 1 aliphatic rings. The van der Waals surface area contributed by atoms with Crippen LogP contribution in [0.2, 0.25) is 0 Å². The molecule has 15 heavy (non-hydrogen) atoms. The normalized spacial score (nSPS) is 28.0. The molecule has 2 rings (SSSR count). The summed E-state index contributed by atoms with van der Waals surface area (Å²) >= 11 is 0. The van der Waals surface area contributed by atoms with Crippen molar-refractivity contribution in [1.29, 1.82) is 0 Å². The second-order valence-corrected chi connectivity index (χ2v) is 4.34. The minimum absolute atomic E-state index is 0.119. The zero-order chi connectivity index (χ0) is 10.8. The van der Waals surface area contributed by atoms with Gasteiger partial charge in [0.1, 0.15) is 5.78 Å². The summed E-state index contributed by atoms with van der Waals surface area (Å²) in [7, 11) is 0. The third-order valence-electron chi connectivity index (χ3n) is 3.28. The van der Waals surface area contributed by atoms with Gasteiger partial charge in [0, 0.05) is 11.8 Å². The van der Waals surface area contributed by atoms with Gasteiger partial charge in [-0.15, -0.1) is 0 Å². The molecular formula is C13H16O2. The molecule has 3 unspecified atom stereocenters. The van der Waals surface area contributed by atoms with Gasteiger partial charge in [0.25, 0.3) is 0 Å². The molecule has 0 aliphatic heterocycles. The van der Waals surface area contributed by atoms with Crippen LogP contribution in [0.4, 0.5) is 0 Å². The van der Waals surface area contributed by atoms with Gasteiger partial charge >= 0.3 is 0 Å². The quantitative estimate of drug-likeness (QED) is 0.802. The SMILES string of the molecule is CC1CCC(C(O)c2ccccc2)C1=O. The molecule has 0 heterocycles. The Morgan fingerprint density at radius 3 is 2.47 bits per heavy atom. The van der Waals surface area contributed by atoms with Crippen LogP contribution in [0.3, 0.4) is 0 Å². The van der Waals surface area contributed by atoms with Gasteiger partial charge in [-0.3, -0.25) is 4.79 Å². The average molecular weight is 204 g/mol. The number of Topliss-reactive ketones (excluding diaryl/α,β-unsaturated/α-hetero) is 1. The molecule has 1 aromatic carbocycles. The number of aliphatic hydroxyl groups is 1. The van der Waals surface area contributed by atoms with Gasteiger partial charge in [0.15, 0.2) is 0 Å². The summed E-state index contributed by atoms with van der Waals surface area (Å²) in [6, 6.07) is 9.44. The Kier molecular flexibility index (Phi) is 2.87. The van der Waals surface area contributed by atoms with Crippen LogP contribution in [0.5, 0.6) is 0 Å². The standard InChI is InChI=1S/C13H16O2/c1-9-7-8-11(12(9)14)13(15)10-5-3-2-4-6-10/h2-6,9,11,13,15H,7-8H2,1H3. The zero-order valence-electron chi connectivity index (χ0n) is 8.89. The first-order valence-electron chi connectivity index (χ1n) is 5.47. The Balaban J connectivity index is 2.16. The molecule has 0 amide bonds. The highest BCUT2D eigenvalue weighted by atomic mass is 16.3. The van der Waals surface area contributed by atoms with Gasteiger partial charge in [-0.05, 0) is 18.4 Å². The fourth-order valence-electron chi connectivity index (χ4n) is 2.28. The molecule has 0 radical (unpaired) electrons. The van der Waals surface area contributed by atoms with Crippen molar-refractivity contribution in [2.45, 2.75) is 25.9 Å². The van der Waals surface area contributed by atoms with Crippen LogP contribution >= 0.6 is 0 Å². The van der Waals surface area contributed by atoms with Crippen LogP contribution in [-0.2, 0) is 4.79 Å². The number of hydrogen-bond donors (Lipinski definition) is 1. The third-order valence-corrected chi connectivity index (χ3v) is 3.28. The van der Waals surface area contributed by atoms with Crippen molar-refractivity contribution < 1.29 is 9.90 Å². The summed E-state index contributed by atoms with van der Waals surface area (Å²) in [5.74, 6) is 0.141. The summed E-state index contributed by atoms with van der Waals surface area (Å²) in [6.07, 6.45) is 1.10. The lowest BCUT2D eigenvalue weighted by molar-refractivity contribution is -0.126. The summed E-state index contributed by atoms with van der Waals surface area (Å²) in [6.45, 7) is 1.94. The fourth-order valence-corrected chi connectivity index (χ4v) is 2.28. The first-order chi connectivity index (χ1) is 7.20. The second kappa shape index (κ2) is 4.15. The average Bonchev–Trinajstić information content (AvgIpc) is 2.60. The van der Waals surface area contributed by atoms with E-state index < -0.39 is 6.10 Å². The van der Waals surface area contributed by atoms with Crippen LogP contribution in [0.25, 0.3) is 0 Å². The van der Waals surface area contributed by atoms with Crippen LogP contribution in [0, 0.1) is 11.8 Å². The molecule has 2 heteroatoms. The molecule has 0 aromatic heterocycles. The summed E-state index contributed by atoms with van der Waals surface area (Å²) < 4.78 is 0. The molecule has 1 aromatic rings. The molecule has 0 bridgehead atoms. The van der Waals surface area contributed by atoms with E-state index in [0.717, 1.165) is 18.4 Å². The lowest BCUT2D eigenvalue weighted by Crippen LogP contribution is -2.19. The van der Waals surface area contributed by atoms with Gasteiger partial charge in [-0.2, -0.15) is 0 Å². The van der Waals surface area contributed by atoms with Gasteiger partial charge in [-0.25, -0.2) is 0 Å². The molecular weight excluding hydrogens is 188 g/mol. The van der Waals surface area contributed by atoms with E-state index in [0.29, 0.717) is 0 Å². The van der Waals surface area contributed by atoms with Crippen molar-refractivity contribution in [1.82, 2.24) is 0 Å². The Hall–Kier alpha value is -1.15. The molecule has 1 aliphatic carbocycles. The van der Waals surface area contributed by atoms with E-state index >= 15 is 0 Å². The lowest BCUT2D eigenvalue weighted by Gasteiger charge is -2.17. The molecule has 0 saturated heterocycles. The Bertz CT molecular complexity index is 345. The van der Waals surface area contributed by atoms with Crippen LogP contribution in [0.15, 0.2) is 30.3 Å². The van der Waals surface area contributed by atoms with Crippen LogP contribution < -0.4 is 0 Å². The first kappa shape index (κ1) is 10.4. The number of benzene rings is 1. The molecule has 1 N–H and O–H groups in total. The highest BCUT2D eigenvalue weighted by Gasteiger charge is 2.36. The van der Waals surface area contributed by atoms with Crippen molar-refractivity contribution in [2.75, 3.05) is 0 Å². The predicted molar refractivity (Wildman–Crippen MR) is 58.3 cm³/mol. The van der Waals surface area contributed by atoms with Crippen molar-refractivity contribution in [3.63, 3.8) is 0 Å². The highest BCUT2D eigenvalue weighted by molar-refractivity contribution is 5.85. The number of carbonyl (C=O) groups excluding carboxylic acids is 1. The molecule has 0 spiro atoms. The number of carbonyl (C=O) groups is 1. The van der Waals surface area contributed by atoms with E-state index in [9.17, 15) is 9.90 Å². The minimum Gasteiger partial charge on any atom is -0.388 e. The maximum absolute atomic E-state index is 11.8. The smallest absolute Gasteiger partial charge is 0.141 e. The van der Waals surface area contributed by atoms with Gasteiger partial charge in [-0.1, -0.05) is 37.3 Å². The monoisotopic (exact) mass is 204 g/mol. The van der Waals surface area contributed by atoms with E-state index in [1.807, 2.05) is 37.3 Å². The van der Waals surface area contributed by atoms with Crippen LogP contribution in [-0.4, -0.2) is 10.9 Å². The topological polar surface area (TPSA) is 37.3 Å². The summed E-state index contributed by atoms with van der Waals surface area (Å²) in [4.78, 5) is 11.8. The van der Waals surface area contributed by atoms with Gasteiger partial charge < -0.3 is 5.11 Å². The van der Waals surface area contributed by atoms with Crippen molar-refractivity contribution in [3.8, 4) is 0 Å². The van der Waals surface area contributed by atoms with E-state index in [1.54, 1.807) is 0 Å². The second-order valence-electron chi connectivity index (χ2n) is 4.34. The van der Waals surface area contributed by atoms with Crippen molar-refractivity contribution in [3.05, 3.63) is 35.9 Å². The largest absolute Gasteiger partial charge is 0.388 e. The number of ketones is 1. The van der Waals surface area contributed by atoms with E-state index in [4.69, 9.17) is 0 Å². The minimum atomic E-state index is -0.622. The number of aliphatic hydroxyl groups excluding tert-OH is 1. The lowest BCUT2D eigenvalue weighted by atomic mass is 9.93. The fraction of sp³-hybridized carbons (Fsp3) is 0.462. The van der Waals surface area contributed by atoms with Crippen molar-refractivity contribution in [2.24, 2.45) is 11.8 Å². The predicted octanol–water partition coefficient (Wildman–Crippen LogP) is 2.34. The molecule has 2 nitrogen and oxygen atoms in total. The molecule has 1 saturated carbocycles. The number of rotatable bonds is 2. The Labute approximate surface area is 89.9 Å². The zero-order valence-corrected chi connectivity index (χ0v) is 8.89.